The molecule has 2 N–H and O–H groups in total. The van der Waals surface area contributed by atoms with Crippen LogP contribution in [0.3, 0.4) is 0 Å². The Labute approximate surface area is 111 Å². The summed E-state index contributed by atoms with van der Waals surface area (Å²) < 4.78 is 0. The van der Waals surface area contributed by atoms with E-state index in [4.69, 9.17) is 5.73 Å². The van der Waals surface area contributed by atoms with Crippen molar-refractivity contribution in [2.45, 2.75) is 46.2 Å². The zero-order valence-electron chi connectivity index (χ0n) is 12.2. The molecule has 1 atom stereocenters. The van der Waals surface area contributed by atoms with Crippen LogP contribution in [0.25, 0.3) is 0 Å². The Hall–Kier alpha value is -0.930. The third-order valence-corrected chi connectivity index (χ3v) is 2.93. The molecule has 0 aromatic carbocycles. The highest BCUT2D eigenvalue weighted by Crippen LogP contribution is 2.21. The smallest absolute Gasteiger partial charge is 0.0312 e. The zero-order valence-corrected chi connectivity index (χ0v) is 12.2. The molecule has 0 spiro atoms. The molecule has 0 aliphatic rings. The quantitative estimate of drug-likeness (QED) is 0.843. The number of rotatable bonds is 6. The van der Waals surface area contributed by atoms with Crippen LogP contribution in [-0.4, -0.2) is 29.5 Å². The predicted molar refractivity (Wildman–Crippen MR) is 77.2 cm³/mol. The van der Waals surface area contributed by atoms with Crippen molar-refractivity contribution >= 4 is 0 Å². The lowest BCUT2D eigenvalue weighted by molar-refractivity contribution is 0.277. The van der Waals surface area contributed by atoms with Gasteiger partial charge in [0.15, 0.2) is 0 Å². The maximum absolute atomic E-state index is 6.16. The fourth-order valence-corrected chi connectivity index (χ4v) is 2.16. The van der Waals surface area contributed by atoms with E-state index < -0.39 is 0 Å². The van der Waals surface area contributed by atoms with Crippen molar-refractivity contribution in [1.82, 2.24) is 9.88 Å². The van der Waals surface area contributed by atoms with E-state index in [2.05, 4.69) is 43.8 Å². The van der Waals surface area contributed by atoms with Gasteiger partial charge in [0.1, 0.15) is 0 Å². The van der Waals surface area contributed by atoms with Crippen molar-refractivity contribution in [1.29, 1.82) is 0 Å². The fraction of sp³-hybridized carbons (Fsp3) is 0.667. The molecule has 1 aromatic rings. The first-order valence-electron chi connectivity index (χ1n) is 6.70. The largest absolute Gasteiger partial charge is 0.328 e. The van der Waals surface area contributed by atoms with Crippen molar-refractivity contribution < 1.29 is 0 Å². The van der Waals surface area contributed by atoms with Gasteiger partial charge in [0.25, 0.3) is 0 Å². The van der Waals surface area contributed by atoms with E-state index in [0.29, 0.717) is 11.5 Å². The highest BCUT2D eigenvalue weighted by Gasteiger charge is 2.15. The van der Waals surface area contributed by atoms with Crippen molar-refractivity contribution in [3.63, 3.8) is 0 Å². The second-order valence-corrected chi connectivity index (χ2v) is 6.41. The Balaban J connectivity index is 2.27. The summed E-state index contributed by atoms with van der Waals surface area (Å²) in [5.74, 6) is 0. The monoisotopic (exact) mass is 249 g/mol. The maximum atomic E-state index is 6.16. The van der Waals surface area contributed by atoms with Crippen LogP contribution in [0.4, 0.5) is 0 Å². The Morgan fingerprint density at radius 2 is 2.11 bits per heavy atom. The van der Waals surface area contributed by atoms with Crippen molar-refractivity contribution in [3.8, 4) is 0 Å². The van der Waals surface area contributed by atoms with Gasteiger partial charge in [-0.05, 0) is 43.5 Å². The van der Waals surface area contributed by atoms with Crippen LogP contribution in [0.1, 0.15) is 39.2 Å². The number of hydrogen-bond acceptors (Lipinski definition) is 3. The average molecular weight is 249 g/mol. The predicted octanol–water partition coefficient (Wildman–Crippen LogP) is 2.67. The first-order chi connectivity index (χ1) is 8.37. The molecule has 102 valence electrons. The summed E-state index contributed by atoms with van der Waals surface area (Å²) in [5, 5.41) is 0. The van der Waals surface area contributed by atoms with E-state index in [9.17, 15) is 0 Å². The van der Waals surface area contributed by atoms with Gasteiger partial charge in [0.05, 0.1) is 0 Å². The molecule has 3 heteroatoms. The minimum Gasteiger partial charge on any atom is -0.328 e. The lowest BCUT2D eigenvalue weighted by Gasteiger charge is -2.25. The Bertz CT molecular complexity index is 329. The standard InChI is InChI=1S/C15H27N3/c1-15(2,3)10-14(16)7-9-18(4)12-13-6-5-8-17-11-13/h5-6,8,11,14H,7,9-10,12,16H2,1-4H3. The molecule has 0 aliphatic heterocycles. The Kier molecular flexibility index (Phi) is 5.76. The normalized spacial score (nSPS) is 13.9. The molecule has 0 radical (unpaired) electrons. The third-order valence-electron chi connectivity index (χ3n) is 2.93. The highest BCUT2D eigenvalue weighted by atomic mass is 15.1. The second-order valence-electron chi connectivity index (χ2n) is 6.41. The van der Waals surface area contributed by atoms with E-state index in [0.717, 1.165) is 25.9 Å². The minimum atomic E-state index is 0.293. The summed E-state index contributed by atoms with van der Waals surface area (Å²) in [6, 6.07) is 4.38. The molecule has 1 heterocycles. The average Bonchev–Trinajstić information content (AvgIpc) is 2.25. The van der Waals surface area contributed by atoms with E-state index in [1.165, 1.54) is 5.56 Å². The molecule has 0 aliphatic carbocycles. The molecule has 1 aromatic heterocycles. The summed E-state index contributed by atoms with van der Waals surface area (Å²) in [6.45, 7) is 8.70. The number of hydrogen-bond donors (Lipinski definition) is 1. The summed E-state index contributed by atoms with van der Waals surface area (Å²) >= 11 is 0. The molecule has 0 saturated carbocycles. The van der Waals surface area contributed by atoms with Gasteiger partial charge in [-0.1, -0.05) is 26.8 Å². The van der Waals surface area contributed by atoms with Crippen LogP contribution in [0, 0.1) is 5.41 Å². The molecular weight excluding hydrogens is 222 g/mol. The van der Waals surface area contributed by atoms with Gasteiger partial charge in [-0.15, -0.1) is 0 Å². The highest BCUT2D eigenvalue weighted by molar-refractivity contribution is 5.07. The minimum absolute atomic E-state index is 0.293. The lowest BCUT2D eigenvalue weighted by Crippen LogP contribution is -2.31. The van der Waals surface area contributed by atoms with Gasteiger partial charge < -0.3 is 10.6 Å². The van der Waals surface area contributed by atoms with E-state index in [-0.39, 0.29) is 0 Å². The second kappa shape index (κ2) is 6.86. The van der Waals surface area contributed by atoms with Gasteiger partial charge in [-0.3, -0.25) is 4.98 Å². The van der Waals surface area contributed by atoms with Gasteiger partial charge in [-0.25, -0.2) is 0 Å². The SMILES string of the molecule is CN(CCC(N)CC(C)(C)C)Cc1cccnc1. The molecular formula is C15H27N3. The maximum Gasteiger partial charge on any atom is 0.0312 e. The number of nitrogens with two attached hydrogens (primary N) is 1. The summed E-state index contributed by atoms with van der Waals surface area (Å²) in [6.07, 6.45) is 5.86. The van der Waals surface area contributed by atoms with Crippen LogP contribution in [0.15, 0.2) is 24.5 Å². The van der Waals surface area contributed by atoms with Crippen LogP contribution >= 0.6 is 0 Å². The molecule has 1 unspecified atom stereocenters. The van der Waals surface area contributed by atoms with Gasteiger partial charge in [0, 0.05) is 25.0 Å². The molecule has 0 bridgehead atoms. The lowest BCUT2D eigenvalue weighted by atomic mass is 9.87. The summed E-state index contributed by atoms with van der Waals surface area (Å²) in [4.78, 5) is 6.44. The van der Waals surface area contributed by atoms with E-state index in [1.54, 1.807) is 0 Å². The summed E-state index contributed by atoms with van der Waals surface area (Å²) in [5.41, 5.74) is 7.74. The van der Waals surface area contributed by atoms with E-state index >= 15 is 0 Å². The third kappa shape index (κ3) is 6.72. The Morgan fingerprint density at radius 1 is 1.39 bits per heavy atom. The molecule has 1 rings (SSSR count). The van der Waals surface area contributed by atoms with E-state index in [1.807, 2.05) is 18.5 Å². The number of pyridine rings is 1. The molecule has 3 nitrogen and oxygen atoms in total. The molecule has 0 amide bonds. The zero-order chi connectivity index (χ0) is 13.6. The molecule has 0 fully saturated rings. The molecule has 0 saturated heterocycles. The van der Waals surface area contributed by atoms with Gasteiger partial charge >= 0.3 is 0 Å². The van der Waals surface area contributed by atoms with Crippen LogP contribution < -0.4 is 5.73 Å². The molecule has 18 heavy (non-hydrogen) atoms. The van der Waals surface area contributed by atoms with Crippen molar-refractivity contribution in [2.24, 2.45) is 11.1 Å². The Morgan fingerprint density at radius 3 is 2.67 bits per heavy atom. The van der Waals surface area contributed by atoms with Gasteiger partial charge in [-0.2, -0.15) is 0 Å². The van der Waals surface area contributed by atoms with Crippen molar-refractivity contribution in [2.75, 3.05) is 13.6 Å². The first-order valence-corrected chi connectivity index (χ1v) is 6.70. The topological polar surface area (TPSA) is 42.1 Å². The number of nitrogens with zero attached hydrogens (tertiary/aromatic N) is 2. The van der Waals surface area contributed by atoms with Crippen LogP contribution in [-0.2, 0) is 6.54 Å². The first kappa shape index (κ1) is 15.1. The van der Waals surface area contributed by atoms with Crippen molar-refractivity contribution in [3.05, 3.63) is 30.1 Å². The van der Waals surface area contributed by atoms with Crippen LogP contribution in [0.5, 0.6) is 0 Å². The summed E-state index contributed by atoms with van der Waals surface area (Å²) in [7, 11) is 2.14. The van der Waals surface area contributed by atoms with Gasteiger partial charge in [0.2, 0.25) is 0 Å². The van der Waals surface area contributed by atoms with Crippen LogP contribution in [0.2, 0.25) is 0 Å². The fourth-order valence-electron chi connectivity index (χ4n) is 2.16. The number of aromatic nitrogens is 1.